The van der Waals surface area contributed by atoms with E-state index in [1.807, 2.05) is 32.1 Å². The molecule has 2 aromatic carbocycles. The Labute approximate surface area is 272 Å². The number of hydrogen-bond donors (Lipinski definition) is 2. The van der Waals surface area contributed by atoms with E-state index in [2.05, 4.69) is 21.8 Å². The summed E-state index contributed by atoms with van der Waals surface area (Å²) in [6, 6.07) is 11.4. The summed E-state index contributed by atoms with van der Waals surface area (Å²) in [6.45, 7) is 5.57. The van der Waals surface area contributed by atoms with Gasteiger partial charge in [-0.3, -0.25) is 4.79 Å². The molecule has 8 nitrogen and oxygen atoms in total. The van der Waals surface area contributed by atoms with Crippen LogP contribution < -0.4 is 14.4 Å². The number of aliphatic hydroxyl groups is 1. The summed E-state index contributed by atoms with van der Waals surface area (Å²) in [5.74, 6) is 0.0766. The molecule has 2 aliphatic carbocycles. The summed E-state index contributed by atoms with van der Waals surface area (Å²) < 4.78 is 41.8. The minimum absolute atomic E-state index is 0.102. The first-order chi connectivity index (χ1) is 21.5. The molecule has 6 rings (SSSR count). The quantitative estimate of drug-likeness (QED) is 0.412. The monoisotopic (exact) mass is 656 g/mol. The Bertz CT molecular complexity index is 1560. The number of ether oxygens (including phenoxy) is 2. The molecule has 1 spiro atoms. The molecule has 7 atom stereocenters. The molecule has 0 aromatic heterocycles. The lowest BCUT2D eigenvalue weighted by Crippen LogP contribution is -2.49. The predicted octanol–water partition coefficient (Wildman–Crippen LogP) is 5.65. The standard InChI is InChI=1S/C35H45ClN2O6S/c1-22-6-4-8-31(39)28-12-9-26(28)19-38-20-35(15-5-7-24-17-27(36)11-13-29(24)35)21-44-32-14-10-25(18-30(32)38)34(40)37-45(41,42)33(22)16-23(2)43-3/h4,8,10-11,13-14,17-18,22-23,26,28,31,33,39H,5-7,9,12,15-16,19-21H2,1-3H3,(H,37,40)/b8-4+/t22-,23+,26-,28+,31-,33+,35-/m0/s1. The molecule has 2 heterocycles. The molecular weight excluding hydrogens is 612 g/mol. The lowest BCUT2D eigenvalue weighted by atomic mass is 9.68. The number of amides is 1. The Morgan fingerprint density at radius 3 is 2.80 bits per heavy atom. The molecule has 1 fully saturated rings. The highest BCUT2D eigenvalue weighted by molar-refractivity contribution is 7.90. The molecule has 10 heteroatoms. The molecule has 2 N–H and O–H groups in total. The maximum Gasteiger partial charge on any atom is 0.264 e. The van der Waals surface area contributed by atoms with Gasteiger partial charge in [0.05, 0.1) is 29.8 Å². The number of methoxy groups -OCH3 is 1. The van der Waals surface area contributed by atoms with Crippen molar-refractivity contribution in [3.8, 4) is 5.75 Å². The Balaban J connectivity index is 1.41. The highest BCUT2D eigenvalue weighted by atomic mass is 35.5. The van der Waals surface area contributed by atoms with Crippen molar-refractivity contribution >= 4 is 33.2 Å². The van der Waals surface area contributed by atoms with Crippen molar-refractivity contribution < 1.29 is 27.8 Å². The number of halogens is 1. The summed E-state index contributed by atoms with van der Waals surface area (Å²) in [7, 11) is -2.51. The normalized spacial score (nSPS) is 32.6. The number of aryl methyl sites for hydroxylation is 1. The van der Waals surface area contributed by atoms with Gasteiger partial charge < -0.3 is 19.5 Å². The molecule has 1 amide bonds. The zero-order valence-corrected chi connectivity index (χ0v) is 27.9. The maximum atomic E-state index is 13.7. The zero-order valence-electron chi connectivity index (χ0n) is 26.4. The number of carbonyl (C=O) groups is 1. The zero-order chi connectivity index (χ0) is 31.9. The van der Waals surface area contributed by atoms with E-state index in [-0.39, 0.29) is 41.3 Å². The van der Waals surface area contributed by atoms with Gasteiger partial charge in [-0.15, -0.1) is 0 Å². The molecule has 45 heavy (non-hydrogen) atoms. The summed E-state index contributed by atoms with van der Waals surface area (Å²) >= 11 is 6.40. The second-order valence-electron chi connectivity index (χ2n) is 13.7. The van der Waals surface area contributed by atoms with E-state index in [0.717, 1.165) is 42.8 Å². The van der Waals surface area contributed by atoms with Crippen LogP contribution >= 0.6 is 11.6 Å². The molecule has 244 valence electrons. The van der Waals surface area contributed by atoms with Crippen molar-refractivity contribution in [3.63, 3.8) is 0 Å². The Morgan fingerprint density at radius 1 is 1.22 bits per heavy atom. The minimum Gasteiger partial charge on any atom is -0.490 e. The molecule has 4 aliphatic rings. The largest absolute Gasteiger partial charge is 0.490 e. The van der Waals surface area contributed by atoms with Gasteiger partial charge in [-0.1, -0.05) is 36.7 Å². The third-order valence-electron chi connectivity index (χ3n) is 10.7. The summed E-state index contributed by atoms with van der Waals surface area (Å²) in [4.78, 5) is 15.9. The average Bonchev–Trinajstić information content (AvgIpc) is 3.13. The van der Waals surface area contributed by atoms with Gasteiger partial charge >= 0.3 is 0 Å². The topological polar surface area (TPSA) is 105 Å². The van der Waals surface area contributed by atoms with Crippen molar-refractivity contribution in [2.24, 2.45) is 17.8 Å². The van der Waals surface area contributed by atoms with E-state index in [1.54, 1.807) is 25.3 Å². The van der Waals surface area contributed by atoms with Crippen LogP contribution in [-0.2, 0) is 26.6 Å². The van der Waals surface area contributed by atoms with E-state index >= 15 is 0 Å². The fourth-order valence-corrected chi connectivity index (χ4v) is 9.86. The average molecular weight is 657 g/mol. The first-order valence-corrected chi connectivity index (χ1v) is 18.2. The Hall–Kier alpha value is -2.59. The second-order valence-corrected chi connectivity index (χ2v) is 16.1. The fraction of sp³-hybridized carbons (Fsp3) is 0.571. The van der Waals surface area contributed by atoms with E-state index in [9.17, 15) is 18.3 Å². The number of nitrogens with one attached hydrogen (secondary N) is 1. The van der Waals surface area contributed by atoms with Crippen molar-refractivity contribution in [3.05, 3.63) is 70.3 Å². The van der Waals surface area contributed by atoms with Crippen LogP contribution in [0.25, 0.3) is 0 Å². The molecule has 0 saturated heterocycles. The molecule has 0 radical (unpaired) electrons. The van der Waals surface area contributed by atoms with Gasteiger partial charge in [0, 0.05) is 36.2 Å². The van der Waals surface area contributed by atoms with Crippen LogP contribution in [-0.4, -0.2) is 63.7 Å². The summed E-state index contributed by atoms with van der Waals surface area (Å²) in [6.07, 6.45) is 8.38. The Kier molecular flexibility index (Phi) is 9.27. The number of allylic oxidation sites excluding steroid dienone is 1. The van der Waals surface area contributed by atoms with E-state index in [0.29, 0.717) is 31.9 Å². The van der Waals surface area contributed by atoms with Crippen LogP contribution in [0, 0.1) is 17.8 Å². The van der Waals surface area contributed by atoms with Gasteiger partial charge in [-0.05, 0) is 111 Å². The highest BCUT2D eigenvalue weighted by Crippen LogP contribution is 2.46. The van der Waals surface area contributed by atoms with Gasteiger partial charge in [-0.2, -0.15) is 0 Å². The SMILES string of the molecule is CO[C@H](C)C[C@@H]1[C@@H](C)C/C=C/[C@H](O)[C@@H]2CC[C@H]2CN2C[C@@]3(CCCc4cc(Cl)ccc43)COc3ccc(cc32)C(=O)NS1(=O)=O. The van der Waals surface area contributed by atoms with Crippen molar-refractivity contribution in [2.45, 2.75) is 81.7 Å². The van der Waals surface area contributed by atoms with Crippen molar-refractivity contribution in [1.29, 1.82) is 0 Å². The van der Waals surface area contributed by atoms with Gasteiger partial charge in [0.25, 0.3) is 5.91 Å². The van der Waals surface area contributed by atoms with E-state index in [1.165, 1.54) is 11.1 Å². The number of benzene rings is 2. The number of fused-ring (bicyclic) bond motifs is 4. The van der Waals surface area contributed by atoms with Crippen LogP contribution in [0.5, 0.6) is 5.75 Å². The van der Waals surface area contributed by atoms with Gasteiger partial charge in [0.15, 0.2) is 0 Å². The number of hydrogen-bond acceptors (Lipinski definition) is 7. The molecule has 2 aromatic rings. The van der Waals surface area contributed by atoms with Gasteiger partial charge in [0.2, 0.25) is 10.0 Å². The number of aliphatic hydroxyl groups excluding tert-OH is 1. The molecular formula is C35H45ClN2O6S. The lowest BCUT2D eigenvalue weighted by molar-refractivity contribution is 0.0455. The highest BCUT2D eigenvalue weighted by Gasteiger charge is 2.44. The number of sulfonamides is 1. The number of anilines is 1. The predicted molar refractivity (Wildman–Crippen MR) is 177 cm³/mol. The molecule has 0 unspecified atom stereocenters. The van der Waals surface area contributed by atoms with Crippen LogP contribution in [0.15, 0.2) is 48.6 Å². The lowest BCUT2D eigenvalue weighted by Gasteiger charge is -2.45. The fourth-order valence-electron chi connectivity index (χ4n) is 7.89. The minimum atomic E-state index is -4.06. The number of carbonyl (C=O) groups excluding carboxylic acids is 1. The first-order valence-electron chi connectivity index (χ1n) is 16.2. The van der Waals surface area contributed by atoms with Crippen molar-refractivity contribution in [2.75, 3.05) is 31.7 Å². The summed E-state index contributed by atoms with van der Waals surface area (Å²) in [5.41, 5.74) is 3.26. The third kappa shape index (κ3) is 6.51. The van der Waals surface area contributed by atoms with Crippen LogP contribution in [0.2, 0.25) is 5.02 Å². The molecule has 2 bridgehead atoms. The van der Waals surface area contributed by atoms with Crippen LogP contribution in [0.1, 0.15) is 73.9 Å². The number of nitrogens with zero attached hydrogens (tertiary/aromatic N) is 1. The van der Waals surface area contributed by atoms with Gasteiger partial charge in [0.1, 0.15) is 5.75 Å². The third-order valence-corrected chi connectivity index (χ3v) is 12.9. The van der Waals surface area contributed by atoms with E-state index < -0.39 is 27.3 Å². The first kappa shape index (κ1) is 32.4. The summed E-state index contributed by atoms with van der Waals surface area (Å²) in [5, 5.41) is 11.1. The second kappa shape index (κ2) is 12.9. The van der Waals surface area contributed by atoms with Crippen molar-refractivity contribution in [1.82, 2.24) is 4.72 Å². The Morgan fingerprint density at radius 2 is 2.04 bits per heavy atom. The molecule has 1 saturated carbocycles. The van der Waals surface area contributed by atoms with E-state index in [4.69, 9.17) is 21.1 Å². The molecule has 2 aliphatic heterocycles. The maximum absolute atomic E-state index is 13.7. The number of rotatable bonds is 3. The van der Waals surface area contributed by atoms with Gasteiger partial charge in [-0.25, -0.2) is 13.1 Å². The van der Waals surface area contributed by atoms with Crippen LogP contribution in [0.4, 0.5) is 5.69 Å². The smallest absolute Gasteiger partial charge is 0.264 e. The van der Waals surface area contributed by atoms with Crippen LogP contribution in [0.3, 0.4) is 0 Å².